The maximum atomic E-state index is 4.26. The number of fused-ring (bicyclic) bond motifs is 1. The molecule has 2 saturated heterocycles. The van der Waals surface area contributed by atoms with Gasteiger partial charge in [-0.15, -0.1) is 0 Å². The molecule has 2 nitrogen and oxygen atoms in total. The molecule has 3 heterocycles. The standard InChI is InChI=1S/C12H16N2/c1-4-11(10-13-7-1)12-5-2-8-14(12)9-3-6-12/h1,4,7,10H,2-3,5-6,8-9H2. The summed E-state index contributed by atoms with van der Waals surface area (Å²) in [5.41, 5.74) is 1.81. The molecule has 0 aromatic carbocycles. The van der Waals surface area contributed by atoms with Crippen LogP contribution in [-0.2, 0) is 5.54 Å². The number of pyridine rings is 1. The van der Waals surface area contributed by atoms with Gasteiger partial charge in [-0.3, -0.25) is 9.88 Å². The SMILES string of the molecule is c1cncc(C23CCCN2CCC3)c1. The Morgan fingerprint density at radius 2 is 2.00 bits per heavy atom. The van der Waals surface area contributed by atoms with Crippen LogP contribution in [0.4, 0.5) is 0 Å². The molecule has 3 rings (SSSR count). The summed E-state index contributed by atoms with van der Waals surface area (Å²) < 4.78 is 0. The van der Waals surface area contributed by atoms with Gasteiger partial charge in [-0.05, 0) is 50.4 Å². The largest absolute Gasteiger partial charge is 0.294 e. The van der Waals surface area contributed by atoms with Crippen LogP contribution in [-0.4, -0.2) is 23.0 Å². The highest BCUT2D eigenvalue weighted by atomic mass is 15.2. The minimum Gasteiger partial charge on any atom is -0.294 e. The Hall–Kier alpha value is -0.890. The Labute approximate surface area is 85.0 Å². The Morgan fingerprint density at radius 1 is 1.21 bits per heavy atom. The monoisotopic (exact) mass is 188 g/mol. The molecule has 14 heavy (non-hydrogen) atoms. The molecule has 2 aliphatic heterocycles. The van der Waals surface area contributed by atoms with Gasteiger partial charge in [-0.25, -0.2) is 0 Å². The van der Waals surface area contributed by atoms with Crippen molar-refractivity contribution in [1.82, 2.24) is 9.88 Å². The van der Waals surface area contributed by atoms with Gasteiger partial charge in [-0.2, -0.15) is 0 Å². The van der Waals surface area contributed by atoms with Crippen LogP contribution in [0.1, 0.15) is 31.2 Å². The summed E-state index contributed by atoms with van der Waals surface area (Å²) in [6.07, 6.45) is 9.30. The zero-order valence-corrected chi connectivity index (χ0v) is 8.45. The fourth-order valence-electron chi connectivity index (χ4n) is 3.22. The lowest BCUT2D eigenvalue weighted by atomic mass is 9.87. The lowest BCUT2D eigenvalue weighted by Gasteiger charge is -2.32. The fourth-order valence-corrected chi connectivity index (χ4v) is 3.22. The average Bonchev–Trinajstić information content (AvgIpc) is 2.77. The molecule has 0 aliphatic carbocycles. The van der Waals surface area contributed by atoms with Gasteiger partial charge in [0, 0.05) is 17.9 Å². The number of rotatable bonds is 1. The molecule has 1 aromatic heterocycles. The van der Waals surface area contributed by atoms with E-state index in [1.54, 1.807) is 0 Å². The van der Waals surface area contributed by atoms with Crippen LogP contribution in [0, 0.1) is 0 Å². The second-order valence-electron chi connectivity index (χ2n) is 4.47. The molecule has 1 aromatic rings. The molecule has 2 aliphatic rings. The van der Waals surface area contributed by atoms with Crippen molar-refractivity contribution in [3.63, 3.8) is 0 Å². The van der Waals surface area contributed by atoms with Gasteiger partial charge in [0.25, 0.3) is 0 Å². The molecule has 0 radical (unpaired) electrons. The molecule has 0 N–H and O–H groups in total. The molecule has 0 saturated carbocycles. The van der Waals surface area contributed by atoms with E-state index in [-0.39, 0.29) is 0 Å². The zero-order chi connectivity index (χ0) is 9.43. The Kier molecular flexibility index (Phi) is 1.84. The smallest absolute Gasteiger partial charge is 0.0476 e. The summed E-state index contributed by atoms with van der Waals surface area (Å²) in [7, 11) is 0. The van der Waals surface area contributed by atoms with Gasteiger partial charge < -0.3 is 0 Å². The first-order valence-electron chi connectivity index (χ1n) is 5.57. The van der Waals surface area contributed by atoms with Crippen LogP contribution in [0.15, 0.2) is 24.5 Å². The summed E-state index contributed by atoms with van der Waals surface area (Å²) in [6, 6.07) is 4.32. The van der Waals surface area contributed by atoms with Crippen molar-refractivity contribution in [2.45, 2.75) is 31.2 Å². The molecule has 0 amide bonds. The maximum Gasteiger partial charge on any atom is 0.0476 e. The van der Waals surface area contributed by atoms with Crippen molar-refractivity contribution in [2.24, 2.45) is 0 Å². The summed E-state index contributed by atoms with van der Waals surface area (Å²) in [5, 5.41) is 0. The Bertz CT molecular complexity index is 310. The second kappa shape index (κ2) is 3.06. The molecule has 0 unspecified atom stereocenters. The molecular formula is C12H16N2. The summed E-state index contributed by atoms with van der Waals surface area (Å²) in [5.74, 6) is 0. The first kappa shape index (κ1) is 8.42. The highest BCUT2D eigenvalue weighted by Crippen LogP contribution is 2.46. The van der Waals surface area contributed by atoms with Gasteiger partial charge in [-0.1, -0.05) is 6.07 Å². The van der Waals surface area contributed by atoms with Crippen LogP contribution in [0.3, 0.4) is 0 Å². The van der Waals surface area contributed by atoms with Crippen molar-refractivity contribution < 1.29 is 0 Å². The molecule has 0 atom stereocenters. The van der Waals surface area contributed by atoms with Gasteiger partial charge >= 0.3 is 0 Å². The van der Waals surface area contributed by atoms with E-state index < -0.39 is 0 Å². The van der Waals surface area contributed by atoms with E-state index in [2.05, 4.69) is 28.2 Å². The molecule has 0 bridgehead atoms. The quantitative estimate of drug-likeness (QED) is 0.671. The highest BCUT2D eigenvalue weighted by molar-refractivity contribution is 5.24. The lowest BCUT2D eigenvalue weighted by molar-refractivity contribution is 0.197. The average molecular weight is 188 g/mol. The molecular weight excluding hydrogens is 172 g/mol. The first-order chi connectivity index (χ1) is 6.92. The molecule has 74 valence electrons. The summed E-state index contributed by atoms with van der Waals surface area (Å²) >= 11 is 0. The van der Waals surface area contributed by atoms with Crippen molar-refractivity contribution >= 4 is 0 Å². The van der Waals surface area contributed by atoms with E-state index >= 15 is 0 Å². The van der Waals surface area contributed by atoms with Crippen molar-refractivity contribution in [3.8, 4) is 0 Å². The number of aromatic nitrogens is 1. The molecule has 2 heteroatoms. The Morgan fingerprint density at radius 3 is 2.64 bits per heavy atom. The number of hydrogen-bond donors (Lipinski definition) is 0. The minimum absolute atomic E-state index is 0.369. The van der Waals surface area contributed by atoms with Crippen molar-refractivity contribution in [1.29, 1.82) is 0 Å². The number of hydrogen-bond acceptors (Lipinski definition) is 2. The van der Waals surface area contributed by atoms with Crippen LogP contribution < -0.4 is 0 Å². The van der Waals surface area contributed by atoms with E-state index in [0.29, 0.717) is 5.54 Å². The third kappa shape index (κ3) is 1.04. The van der Waals surface area contributed by atoms with E-state index in [4.69, 9.17) is 0 Å². The van der Waals surface area contributed by atoms with E-state index in [0.717, 1.165) is 0 Å². The third-order valence-electron chi connectivity index (χ3n) is 3.84. The Balaban J connectivity index is 2.03. The third-order valence-corrected chi connectivity index (χ3v) is 3.84. The zero-order valence-electron chi connectivity index (χ0n) is 8.45. The van der Waals surface area contributed by atoms with Gasteiger partial charge in [0.1, 0.15) is 0 Å². The first-order valence-corrected chi connectivity index (χ1v) is 5.57. The summed E-state index contributed by atoms with van der Waals surface area (Å²) in [4.78, 5) is 6.91. The van der Waals surface area contributed by atoms with Crippen LogP contribution in [0.25, 0.3) is 0 Å². The maximum absolute atomic E-state index is 4.26. The molecule has 0 spiro atoms. The van der Waals surface area contributed by atoms with Crippen molar-refractivity contribution in [3.05, 3.63) is 30.1 Å². The molecule has 2 fully saturated rings. The predicted molar refractivity (Wildman–Crippen MR) is 56.0 cm³/mol. The predicted octanol–water partition coefficient (Wildman–Crippen LogP) is 2.17. The van der Waals surface area contributed by atoms with Gasteiger partial charge in [0.2, 0.25) is 0 Å². The van der Waals surface area contributed by atoms with Crippen LogP contribution >= 0.6 is 0 Å². The topological polar surface area (TPSA) is 16.1 Å². The minimum atomic E-state index is 0.369. The highest BCUT2D eigenvalue weighted by Gasteiger charge is 2.45. The fraction of sp³-hybridized carbons (Fsp3) is 0.583. The second-order valence-corrected chi connectivity index (χ2v) is 4.47. The number of nitrogens with zero attached hydrogens (tertiary/aromatic N) is 2. The van der Waals surface area contributed by atoms with Crippen LogP contribution in [0.5, 0.6) is 0 Å². The normalized spacial score (nSPS) is 25.1. The lowest BCUT2D eigenvalue weighted by Crippen LogP contribution is -2.35. The van der Waals surface area contributed by atoms with Gasteiger partial charge in [0.15, 0.2) is 0 Å². The van der Waals surface area contributed by atoms with Crippen LogP contribution in [0.2, 0.25) is 0 Å². The van der Waals surface area contributed by atoms with Crippen molar-refractivity contribution in [2.75, 3.05) is 13.1 Å². The van der Waals surface area contributed by atoms with E-state index in [1.165, 1.54) is 44.3 Å². The van der Waals surface area contributed by atoms with E-state index in [1.807, 2.05) is 6.20 Å². The summed E-state index contributed by atoms with van der Waals surface area (Å²) in [6.45, 7) is 2.57. The van der Waals surface area contributed by atoms with Gasteiger partial charge in [0.05, 0.1) is 0 Å². The van der Waals surface area contributed by atoms with E-state index in [9.17, 15) is 0 Å².